The lowest BCUT2D eigenvalue weighted by atomic mass is 10.1. The van der Waals surface area contributed by atoms with E-state index in [1.54, 1.807) is 13.0 Å². The number of nitrogens with zero attached hydrogens (tertiary/aromatic N) is 4. The van der Waals surface area contributed by atoms with Crippen molar-refractivity contribution in [2.45, 2.75) is 38.7 Å². The third kappa shape index (κ3) is 3.20. The Morgan fingerprint density at radius 3 is 2.76 bits per heavy atom. The zero-order valence-corrected chi connectivity index (χ0v) is 9.48. The van der Waals surface area contributed by atoms with E-state index in [2.05, 4.69) is 10.3 Å². The molecule has 0 aliphatic heterocycles. The summed E-state index contributed by atoms with van der Waals surface area (Å²) in [4.78, 5) is 0. The number of aliphatic hydroxyl groups excluding tert-OH is 1. The summed E-state index contributed by atoms with van der Waals surface area (Å²) < 4.78 is 26.9. The van der Waals surface area contributed by atoms with Crippen LogP contribution >= 0.6 is 0 Å². The molecule has 17 heavy (non-hydrogen) atoms. The Morgan fingerprint density at radius 2 is 2.24 bits per heavy atom. The van der Waals surface area contributed by atoms with Crippen LogP contribution in [0.25, 0.3) is 0 Å². The van der Waals surface area contributed by atoms with Gasteiger partial charge in [-0.25, -0.2) is 13.5 Å². The summed E-state index contributed by atoms with van der Waals surface area (Å²) in [5.41, 5.74) is -0.268. The van der Waals surface area contributed by atoms with Gasteiger partial charge in [-0.3, -0.25) is 0 Å². The normalized spacial score (nSPS) is 12.7. The van der Waals surface area contributed by atoms with E-state index in [-0.39, 0.29) is 30.5 Å². The first-order valence-electron chi connectivity index (χ1n) is 5.31. The molecule has 0 spiro atoms. The predicted octanol–water partition coefficient (Wildman–Crippen LogP) is 1.62. The fourth-order valence-corrected chi connectivity index (χ4v) is 1.60. The van der Waals surface area contributed by atoms with Crippen LogP contribution in [0.2, 0.25) is 0 Å². The van der Waals surface area contributed by atoms with E-state index in [1.807, 2.05) is 0 Å². The van der Waals surface area contributed by atoms with E-state index in [4.69, 9.17) is 10.4 Å². The van der Waals surface area contributed by atoms with Crippen molar-refractivity contribution in [2.75, 3.05) is 6.61 Å². The minimum Gasteiger partial charge on any atom is -0.396 e. The zero-order valence-electron chi connectivity index (χ0n) is 9.48. The van der Waals surface area contributed by atoms with Gasteiger partial charge in [0.2, 0.25) is 0 Å². The van der Waals surface area contributed by atoms with E-state index < -0.39 is 6.43 Å². The van der Waals surface area contributed by atoms with Gasteiger partial charge in [0.1, 0.15) is 11.4 Å². The van der Waals surface area contributed by atoms with Crippen molar-refractivity contribution in [3.05, 3.63) is 11.4 Å². The third-order valence-electron chi connectivity index (χ3n) is 2.46. The molecule has 0 aliphatic carbocycles. The highest BCUT2D eigenvalue weighted by atomic mass is 19.3. The maximum Gasteiger partial charge on any atom is 0.281 e. The predicted molar refractivity (Wildman–Crippen MR) is 55.3 cm³/mol. The third-order valence-corrected chi connectivity index (χ3v) is 2.46. The number of hydrogen-bond donors (Lipinski definition) is 1. The standard InChI is InChI=1S/C10H14F2N4O/c1-7(3-2-6-17)16-9(10(11)12)8(4-5-13)14-15-16/h7,10,17H,2-4,6H2,1H3. The molecule has 1 N–H and O–H groups in total. The number of rotatable bonds is 6. The Bertz CT molecular complexity index is 400. The Morgan fingerprint density at radius 1 is 1.53 bits per heavy atom. The van der Waals surface area contributed by atoms with E-state index in [0.29, 0.717) is 12.8 Å². The molecule has 0 saturated carbocycles. The van der Waals surface area contributed by atoms with Crippen LogP contribution in [-0.4, -0.2) is 26.7 Å². The van der Waals surface area contributed by atoms with Crippen molar-refractivity contribution >= 4 is 0 Å². The number of aromatic nitrogens is 3. The lowest BCUT2D eigenvalue weighted by molar-refractivity contribution is 0.134. The van der Waals surface area contributed by atoms with Crippen LogP contribution in [0.4, 0.5) is 8.78 Å². The Hall–Kier alpha value is -1.55. The van der Waals surface area contributed by atoms with Gasteiger partial charge in [0.05, 0.1) is 18.5 Å². The highest BCUT2D eigenvalue weighted by Crippen LogP contribution is 2.25. The number of halogens is 2. The van der Waals surface area contributed by atoms with E-state index in [1.165, 1.54) is 0 Å². The number of alkyl halides is 2. The van der Waals surface area contributed by atoms with Gasteiger partial charge in [-0.15, -0.1) is 5.10 Å². The van der Waals surface area contributed by atoms with Crippen LogP contribution in [-0.2, 0) is 6.42 Å². The summed E-state index contributed by atoms with van der Waals surface area (Å²) >= 11 is 0. The molecule has 0 bridgehead atoms. The summed E-state index contributed by atoms with van der Waals surface area (Å²) in [7, 11) is 0. The quantitative estimate of drug-likeness (QED) is 0.825. The molecule has 1 rings (SSSR count). The topological polar surface area (TPSA) is 74.7 Å². The van der Waals surface area contributed by atoms with E-state index in [0.717, 1.165) is 4.68 Å². The minimum absolute atomic E-state index is 0.00804. The second-order valence-electron chi connectivity index (χ2n) is 3.72. The van der Waals surface area contributed by atoms with Crippen LogP contribution in [0, 0.1) is 11.3 Å². The van der Waals surface area contributed by atoms with Gasteiger partial charge in [0.25, 0.3) is 6.43 Å². The molecule has 1 aromatic rings. The second-order valence-corrected chi connectivity index (χ2v) is 3.72. The molecule has 1 heterocycles. The molecule has 0 amide bonds. The molecule has 0 aromatic carbocycles. The molecular formula is C10H14F2N4O. The molecule has 1 atom stereocenters. The van der Waals surface area contributed by atoms with Gasteiger partial charge in [0, 0.05) is 6.61 Å². The molecular weight excluding hydrogens is 230 g/mol. The van der Waals surface area contributed by atoms with Crippen molar-refractivity contribution in [1.82, 2.24) is 15.0 Å². The summed E-state index contributed by atoms with van der Waals surface area (Å²) in [6, 6.07) is 1.51. The second kappa shape index (κ2) is 6.25. The van der Waals surface area contributed by atoms with Gasteiger partial charge < -0.3 is 5.11 Å². The molecule has 1 aromatic heterocycles. The van der Waals surface area contributed by atoms with Gasteiger partial charge in [0.15, 0.2) is 0 Å². The number of nitriles is 1. The molecule has 0 saturated heterocycles. The lowest BCUT2D eigenvalue weighted by Crippen LogP contribution is -2.12. The van der Waals surface area contributed by atoms with Crippen molar-refractivity contribution in [3.8, 4) is 6.07 Å². The number of hydrogen-bond acceptors (Lipinski definition) is 4. The highest BCUT2D eigenvalue weighted by Gasteiger charge is 2.23. The molecule has 0 aliphatic rings. The smallest absolute Gasteiger partial charge is 0.281 e. The fourth-order valence-electron chi connectivity index (χ4n) is 1.60. The summed E-state index contributed by atoms with van der Waals surface area (Å²) in [5, 5.41) is 24.5. The largest absolute Gasteiger partial charge is 0.396 e. The highest BCUT2D eigenvalue weighted by molar-refractivity contribution is 5.16. The molecule has 94 valence electrons. The minimum atomic E-state index is -2.70. The van der Waals surface area contributed by atoms with Crippen molar-refractivity contribution in [1.29, 1.82) is 5.26 Å². The molecule has 5 nitrogen and oxygen atoms in total. The van der Waals surface area contributed by atoms with Crippen LogP contribution in [0.1, 0.15) is 43.6 Å². The Balaban J connectivity index is 2.95. The molecule has 1 unspecified atom stereocenters. The van der Waals surface area contributed by atoms with Crippen molar-refractivity contribution in [3.63, 3.8) is 0 Å². The Kier molecular flexibility index (Phi) is 4.97. The summed E-state index contributed by atoms with van der Waals surface area (Å²) in [6.45, 7) is 1.74. The first kappa shape index (κ1) is 13.5. The van der Waals surface area contributed by atoms with Gasteiger partial charge in [-0.05, 0) is 19.8 Å². The maximum atomic E-state index is 12.9. The van der Waals surface area contributed by atoms with Crippen LogP contribution in [0.15, 0.2) is 0 Å². The number of aliphatic hydroxyl groups is 1. The average molecular weight is 244 g/mol. The van der Waals surface area contributed by atoms with Crippen LogP contribution in [0.3, 0.4) is 0 Å². The lowest BCUT2D eigenvalue weighted by Gasteiger charge is -2.13. The zero-order chi connectivity index (χ0) is 12.8. The maximum absolute atomic E-state index is 12.9. The first-order chi connectivity index (χ1) is 8.11. The summed E-state index contributed by atoms with van der Waals surface area (Å²) in [5.74, 6) is 0. The average Bonchev–Trinajstić information content (AvgIpc) is 2.70. The van der Waals surface area contributed by atoms with Gasteiger partial charge in [-0.1, -0.05) is 5.21 Å². The van der Waals surface area contributed by atoms with Crippen molar-refractivity contribution in [2.24, 2.45) is 0 Å². The SMILES string of the molecule is CC(CCCO)n1nnc(CC#N)c1C(F)F. The van der Waals surface area contributed by atoms with Crippen molar-refractivity contribution < 1.29 is 13.9 Å². The molecule has 7 heteroatoms. The van der Waals surface area contributed by atoms with Gasteiger partial charge >= 0.3 is 0 Å². The molecule has 0 fully saturated rings. The first-order valence-corrected chi connectivity index (χ1v) is 5.31. The van der Waals surface area contributed by atoms with Crippen LogP contribution < -0.4 is 0 Å². The Labute approximate surface area is 97.7 Å². The van der Waals surface area contributed by atoms with Gasteiger partial charge in [-0.2, -0.15) is 5.26 Å². The summed E-state index contributed by atoms with van der Waals surface area (Å²) in [6.07, 6.45) is -1.83. The van der Waals surface area contributed by atoms with E-state index in [9.17, 15) is 8.78 Å². The van der Waals surface area contributed by atoms with E-state index >= 15 is 0 Å². The van der Waals surface area contributed by atoms with Crippen LogP contribution in [0.5, 0.6) is 0 Å². The molecule has 0 radical (unpaired) electrons. The fraction of sp³-hybridized carbons (Fsp3) is 0.700. The monoisotopic (exact) mass is 244 g/mol.